The first-order chi connectivity index (χ1) is 14.7. The molecule has 0 atom stereocenters. The Morgan fingerprint density at radius 3 is 2.35 bits per heavy atom. The molecule has 0 aliphatic carbocycles. The van der Waals surface area contributed by atoms with Crippen molar-refractivity contribution in [3.63, 3.8) is 0 Å². The van der Waals surface area contributed by atoms with Gasteiger partial charge < -0.3 is 15.4 Å². The normalized spacial score (nSPS) is 11.3. The zero-order valence-electron chi connectivity index (χ0n) is 18.3. The number of methoxy groups -OCH3 is 1. The van der Waals surface area contributed by atoms with Crippen molar-refractivity contribution in [2.24, 2.45) is 0 Å². The van der Waals surface area contributed by atoms with Crippen LogP contribution in [0.15, 0.2) is 47.4 Å². The number of sulfonamides is 1. The Balaban J connectivity index is 1.95. The highest BCUT2D eigenvalue weighted by molar-refractivity contribution is 7.89. The summed E-state index contributed by atoms with van der Waals surface area (Å²) in [5.74, 6) is -0.103. The molecule has 0 aliphatic heterocycles. The second-order valence-electron chi connectivity index (χ2n) is 6.88. The average Bonchev–Trinajstić information content (AvgIpc) is 2.76. The second kappa shape index (κ2) is 10.9. The second-order valence-corrected chi connectivity index (χ2v) is 8.82. The highest BCUT2D eigenvalue weighted by atomic mass is 32.2. The third-order valence-electron chi connectivity index (χ3n) is 4.80. The SMILES string of the molecule is CCN(CC)S(=O)(=O)c1cccc(C(=O)NCC(=O)NCc2ccc(OC)c(C)c2)c1. The Morgan fingerprint density at radius 2 is 1.74 bits per heavy atom. The van der Waals surface area contributed by atoms with E-state index in [0.717, 1.165) is 16.9 Å². The quantitative estimate of drug-likeness (QED) is 0.580. The van der Waals surface area contributed by atoms with Crippen molar-refractivity contribution in [3.05, 3.63) is 59.2 Å². The third kappa shape index (κ3) is 6.28. The van der Waals surface area contributed by atoms with Crippen molar-refractivity contribution < 1.29 is 22.7 Å². The highest BCUT2D eigenvalue weighted by Crippen LogP contribution is 2.18. The standard InChI is InChI=1S/C22H29N3O5S/c1-5-25(6-2)31(28,29)19-9-7-8-18(13-19)22(27)24-15-21(26)23-14-17-10-11-20(30-4)16(3)12-17/h7-13H,5-6,14-15H2,1-4H3,(H,23,26)(H,24,27). The van der Waals surface area contributed by atoms with Gasteiger partial charge in [-0.2, -0.15) is 4.31 Å². The monoisotopic (exact) mass is 447 g/mol. The van der Waals surface area contributed by atoms with Crippen LogP contribution < -0.4 is 15.4 Å². The molecule has 0 aliphatic rings. The van der Waals surface area contributed by atoms with E-state index >= 15 is 0 Å². The zero-order chi connectivity index (χ0) is 23.0. The van der Waals surface area contributed by atoms with Gasteiger partial charge in [0.2, 0.25) is 15.9 Å². The number of hydrogen-bond acceptors (Lipinski definition) is 5. The maximum Gasteiger partial charge on any atom is 0.251 e. The summed E-state index contributed by atoms with van der Waals surface area (Å²) in [6, 6.07) is 11.4. The van der Waals surface area contributed by atoms with Crippen molar-refractivity contribution in [2.45, 2.75) is 32.2 Å². The zero-order valence-corrected chi connectivity index (χ0v) is 19.1. The van der Waals surface area contributed by atoms with Gasteiger partial charge in [-0.05, 0) is 42.3 Å². The molecule has 0 fully saturated rings. The molecule has 168 valence electrons. The Labute approximate surface area is 183 Å². The Morgan fingerprint density at radius 1 is 1.03 bits per heavy atom. The van der Waals surface area contributed by atoms with E-state index < -0.39 is 15.9 Å². The van der Waals surface area contributed by atoms with E-state index in [4.69, 9.17) is 4.74 Å². The van der Waals surface area contributed by atoms with Crippen molar-refractivity contribution in [1.82, 2.24) is 14.9 Å². The predicted molar refractivity (Wildman–Crippen MR) is 118 cm³/mol. The van der Waals surface area contributed by atoms with Gasteiger partial charge in [0.1, 0.15) is 5.75 Å². The molecule has 0 bridgehead atoms. The smallest absolute Gasteiger partial charge is 0.251 e. The summed E-state index contributed by atoms with van der Waals surface area (Å²) in [5.41, 5.74) is 2.04. The minimum Gasteiger partial charge on any atom is -0.496 e. The van der Waals surface area contributed by atoms with Crippen molar-refractivity contribution in [1.29, 1.82) is 0 Å². The first kappa shape index (κ1) is 24.4. The van der Waals surface area contributed by atoms with Crippen LogP contribution in [0.25, 0.3) is 0 Å². The number of carbonyl (C=O) groups is 2. The van der Waals surface area contributed by atoms with Crippen LogP contribution in [-0.2, 0) is 21.4 Å². The molecule has 2 aromatic rings. The molecule has 2 aromatic carbocycles. The number of aryl methyl sites for hydroxylation is 1. The van der Waals surface area contributed by atoms with Crippen LogP contribution >= 0.6 is 0 Å². The molecule has 2 rings (SSSR count). The van der Waals surface area contributed by atoms with Gasteiger partial charge in [-0.1, -0.05) is 32.0 Å². The maximum atomic E-state index is 12.6. The van der Waals surface area contributed by atoms with E-state index in [0.29, 0.717) is 19.6 Å². The Kier molecular flexibility index (Phi) is 8.58. The van der Waals surface area contributed by atoms with E-state index in [1.54, 1.807) is 21.0 Å². The van der Waals surface area contributed by atoms with Gasteiger partial charge in [-0.15, -0.1) is 0 Å². The van der Waals surface area contributed by atoms with Gasteiger partial charge in [-0.25, -0.2) is 8.42 Å². The van der Waals surface area contributed by atoms with E-state index in [2.05, 4.69) is 10.6 Å². The average molecular weight is 448 g/mol. The molecular weight excluding hydrogens is 418 g/mol. The number of rotatable bonds is 10. The van der Waals surface area contributed by atoms with Crippen molar-refractivity contribution in [2.75, 3.05) is 26.7 Å². The lowest BCUT2D eigenvalue weighted by Gasteiger charge is -2.18. The van der Waals surface area contributed by atoms with Crippen LogP contribution in [0.4, 0.5) is 0 Å². The number of hydrogen-bond donors (Lipinski definition) is 2. The molecule has 2 amide bonds. The van der Waals surface area contributed by atoms with Gasteiger partial charge in [0.25, 0.3) is 5.91 Å². The summed E-state index contributed by atoms with van der Waals surface area (Å²) >= 11 is 0. The number of nitrogens with zero attached hydrogens (tertiary/aromatic N) is 1. The third-order valence-corrected chi connectivity index (χ3v) is 6.84. The van der Waals surface area contributed by atoms with Crippen molar-refractivity contribution >= 4 is 21.8 Å². The fourth-order valence-corrected chi connectivity index (χ4v) is 4.59. The molecule has 9 heteroatoms. The van der Waals surface area contributed by atoms with Gasteiger partial charge in [0.05, 0.1) is 18.6 Å². The predicted octanol–water partition coefficient (Wildman–Crippen LogP) is 2.08. The molecule has 8 nitrogen and oxygen atoms in total. The molecule has 0 saturated carbocycles. The van der Waals surface area contributed by atoms with E-state index in [1.165, 1.54) is 28.6 Å². The number of carbonyl (C=O) groups excluding carboxylic acids is 2. The van der Waals surface area contributed by atoms with E-state index in [1.807, 2.05) is 25.1 Å². The van der Waals surface area contributed by atoms with E-state index in [9.17, 15) is 18.0 Å². The molecule has 0 aromatic heterocycles. The largest absolute Gasteiger partial charge is 0.496 e. The molecule has 0 spiro atoms. The first-order valence-electron chi connectivity index (χ1n) is 10.0. The minimum atomic E-state index is -3.67. The Hall–Kier alpha value is -2.91. The molecular formula is C22H29N3O5S. The molecule has 0 unspecified atom stereocenters. The van der Waals surface area contributed by atoms with Crippen molar-refractivity contribution in [3.8, 4) is 5.75 Å². The summed E-state index contributed by atoms with van der Waals surface area (Å²) in [5, 5.41) is 5.26. The fraction of sp³-hybridized carbons (Fsp3) is 0.364. The number of benzene rings is 2. The van der Waals surface area contributed by atoms with Crippen LogP contribution in [0.2, 0.25) is 0 Å². The number of amides is 2. The van der Waals surface area contributed by atoms with E-state index in [-0.39, 0.29) is 22.9 Å². The van der Waals surface area contributed by atoms with Crippen LogP contribution in [0.5, 0.6) is 5.75 Å². The summed E-state index contributed by atoms with van der Waals surface area (Å²) < 4.78 is 31.8. The maximum absolute atomic E-state index is 12.6. The minimum absolute atomic E-state index is 0.0446. The van der Waals surface area contributed by atoms with Gasteiger partial charge in [0, 0.05) is 25.2 Å². The number of nitrogens with one attached hydrogen (secondary N) is 2. The van der Waals surface area contributed by atoms with Crippen LogP contribution in [0.1, 0.15) is 35.3 Å². The van der Waals surface area contributed by atoms with Gasteiger partial charge >= 0.3 is 0 Å². The highest BCUT2D eigenvalue weighted by Gasteiger charge is 2.22. The van der Waals surface area contributed by atoms with Crippen LogP contribution in [0.3, 0.4) is 0 Å². The molecule has 31 heavy (non-hydrogen) atoms. The van der Waals surface area contributed by atoms with Gasteiger partial charge in [-0.3, -0.25) is 9.59 Å². The summed E-state index contributed by atoms with van der Waals surface area (Å²) in [4.78, 5) is 24.6. The molecule has 0 heterocycles. The van der Waals surface area contributed by atoms with Gasteiger partial charge in [0.15, 0.2) is 0 Å². The van der Waals surface area contributed by atoms with Crippen LogP contribution in [-0.4, -0.2) is 51.3 Å². The summed E-state index contributed by atoms with van der Waals surface area (Å²) in [7, 11) is -2.07. The lowest BCUT2D eigenvalue weighted by Crippen LogP contribution is -2.36. The fourth-order valence-electron chi connectivity index (χ4n) is 3.09. The Bertz CT molecular complexity index is 1030. The summed E-state index contributed by atoms with van der Waals surface area (Å²) in [6.07, 6.45) is 0. The summed E-state index contributed by atoms with van der Waals surface area (Å²) in [6.45, 7) is 6.19. The molecule has 0 radical (unpaired) electrons. The first-order valence-corrected chi connectivity index (χ1v) is 11.5. The lowest BCUT2D eigenvalue weighted by atomic mass is 10.1. The van der Waals surface area contributed by atoms with Crippen LogP contribution in [0, 0.1) is 6.92 Å². The number of ether oxygens (including phenoxy) is 1. The molecule has 2 N–H and O–H groups in total. The topological polar surface area (TPSA) is 105 Å². The molecule has 0 saturated heterocycles. The lowest BCUT2D eigenvalue weighted by molar-refractivity contribution is -0.120.